The standard InChI is InChI=1S/C17H14O4/c1-2-19-14-7-5-12(6-8-14)16-11-13(17(18)21-16)10-15-4-3-9-20-15/h3-11H,2H2,1H3. The number of benzene rings is 1. The van der Waals surface area contributed by atoms with Crippen LogP contribution in [0.15, 0.2) is 58.7 Å². The van der Waals surface area contributed by atoms with Crippen molar-refractivity contribution in [3.63, 3.8) is 0 Å². The number of cyclic esters (lactones) is 1. The van der Waals surface area contributed by atoms with Crippen molar-refractivity contribution in [1.29, 1.82) is 0 Å². The second-order valence-corrected chi connectivity index (χ2v) is 4.47. The zero-order valence-corrected chi connectivity index (χ0v) is 11.5. The predicted octanol–water partition coefficient (Wildman–Crippen LogP) is 3.66. The summed E-state index contributed by atoms with van der Waals surface area (Å²) in [5.41, 5.74) is 1.29. The van der Waals surface area contributed by atoms with Crippen LogP contribution in [0.2, 0.25) is 0 Å². The monoisotopic (exact) mass is 282 g/mol. The smallest absolute Gasteiger partial charge is 0.343 e. The first kappa shape index (κ1) is 13.2. The van der Waals surface area contributed by atoms with E-state index in [1.54, 1.807) is 30.5 Å². The van der Waals surface area contributed by atoms with Crippen molar-refractivity contribution in [2.75, 3.05) is 6.61 Å². The molecular formula is C17H14O4. The Morgan fingerprint density at radius 1 is 1.19 bits per heavy atom. The second-order valence-electron chi connectivity index (χ2n) is 4.47. The van der Waals surface area contributed by atoms with Gasteiger partial charge < -0.3 is 13.9 Å². The predicted molar refractivity (Wildman–Crippen MR) is 78.4 cm³/mol. The largest absolute Gasteiger partial charge is 0.494 e. The molecule has 0 fully saturated rings. The Labute approximate surface area is 122 Å². The van der Waals surface area contributed by atoms with Gasteiger partial charge in [0.15, 0.2) is 0 Å². The fourth-order valence-corrected chi connectivity index (χ4v) is 2.04. The van der Waals surface area contributed by atoms with E-state index in [1.807, 2.05) is 31.2 Å². The Hall–Kier alpha value is -2.75. The maximum Gasteiger partial charge on any atom is 0.343 e. The van der Waals surface area contributed by atoms with Crippen LogP contribution in [0.25, 0.3) is 11.8 Å². The van der Waals surface area contributed by atoms with Crippen LogP contribution in [0.3, 0.4) is 0 Å². The Bertz CT molecular complexity index is 691. The molecule has 3 rings (SSSR count). The van der Waals surface area contributed by atoms with E-state index in [0.29, 0.717) is 23.7 Å². The van der Waals surface area contributed by atoms with Crippen LogP contribution in [0, 0.1) is 0 Å². The van der Waals surface area contributed by atoms with E-state index in [0.717, 1.165) is 11.3 Å². The van der Waals surface area contributed by atoms with Crippen molar-refractivity contribution >= 4 is 17.8 Å². The number of hydrogen-bond acceptors (Lipinski definition) is 4. The first-order chi connectivity index (χ1) is 10.3. The zero-order chi connectivity index (χ0) is 14.7. The lowest BCUT2D eigenvalue weighted by Crippen LogP contribution is -1.97. The molecule has 0 saturated heterocycles. The number of ether oxygens (including phenoxy) is 2. The molecule has 0 aliphatic carbocycles. The summed E-state index contributed by atoms with van der Waals surface area (Å²) < 4.78 is 15.9. The Morgan fingerprint density at radius 2 is 2.00 bits per heavy atom. The average molecular weight is 282 g/mol. The molecule has 1 aliphatic rings. The summed E-state index contributed by atoms with van der Waals surface area (Å²) in [5.74, 6) is 1.56. The van der Waals surface area contributed by atoms with Crippen LogP contribution < -0.4 is 4.74 Å². The van der Waals surface area contributed by atoms with Crippen molar-refractivity contribution < 1.29 is 18.7 Å². The van der Waals surface area contributed by atoms with Crippen LogP contribution in [-0.2, 0) is 9.53 Å². The molecular weight excluding hydrogens is 268 g/mol. The highest BCUT2D eigenvalue weighted by atomic mass is 16.5. The van der Waals surface area contributed by atoms with Crippen LogP contribution in [0.4, 0.5) is 0 Å². The highest BCUT2D eigenvalue weighted by Gasteiger charge is 2.22. The van der Waals surface area contributed by atoms with Crippen molar-refractivity contribution in [3.8, 4) is 5.75 Å². The fraction of sp³-hybridized carbons (Fsp3) is 0.118. The van der Waals surface area contributed by atoms with Gasteiger partial charge in [-0.3, -0.25) is 0 Å². The third-order valence-corrected chi connectivity index (χ3v) is 3.02. The molecule has 0 N–H and O–H groups in total. The number of carbonyl (C=O) groups excluding carboxylic acids is 1. The van der Waals surface area contributed by atoms with E-state index in [2.05, 4.69) is 0 Å². The maximum absolute atomic E-state index is 11.8. The molecule has 0 amide bonds. The van der Waals surface area contributed by atoms with Gasteiger partial charge in [-0.1, -0.05) is 0 Å². The minimum atomic E-state index is -0.379. The van der Waals surface area contributed by atoms with E-state index in [-0.39, 0.29) is 5.97 Å². The summed E-state index contributed by atoms with van der Waals surface area (Å²) >= 11 is 0. The lowest BCUT2D eigenvalue weighted by molar-refractivity contribution is -0.130. The van der Waals surface area contributed by atoms with Gasteiger partial charge >= 0.3 is 5.97 Å². The molecule has 0 unspecified atom stereocenters. The fourth-order valence-electron chi connectivity index (χ4n) is 2.04. The number of carbonyl (C=O) groups is 1. The molecule has 1 aliphatic heterocycles. The first-order valence-corrected chi connectivity index (χ1v) is 6.68. The molecule has 2 heterocycles. The molecule has 4 heteroatoms. The first-order valence-electron chi connectivity index (χ1n) is 6.68. The normalized spacial score (nSPS) is 16.0. The van der Waals surface area contributed by atoms with E-state index in [4.69, 9.17) is 13.9 Å². The van der Waals surface area contributed by atoms with Gasteiger partial charge in [-0.05, 0) is 55.5 Å². The van der Waals surface area contributed by atoms with Crippen molar-refractivity contribution in [2.24, 2.45) is 0 Å². The van der Waals surface area contributed by atoms with Crippen molar-refractivity contribution in [2.45, 2.75) is 6.92 Å². The molecule has 0 bridgehead atoms. The molecule has 0 spiro atoms. The number of esters is 1. The molecule has 1 aromatic heterocycles. The third-order valence-electron chi connectivity index (χ3n) is 3.02. The van der Waals surface area contributed by atoms with E-state index in [9.17, 15) is 4.79 Å². The second kappa shape index (κ2) is 5.71. The molecule has 2 aromatic rings. The lowest BCUT2D eigenvalue weighted by Gasteiger charge is -2.05. The highest BCUT2D eigenvalue weighted by Crippen LogP contribution is 2.28. The van der Waals surface area contributed by atoms with Gasteiger partial charge in [0.2, 0.25) is 0 Å². The maximum atomic E-state index is 11.8. The third kappa shape index (κ3) is 2.89. The van der Waals surface area contributed by atoms with Crippen LogP contribution in [-0.4, -0.2) is 12.6 Å². The zero-order valence-electron chi connectivity index (χ0n) is 11.5. The minimum Gasteiger partial charge on any atom is -0.494 e. The van der Waals surface area contributed by atoms with Gasteiger partial charge in [0, 0.05) is 5.56 Å². The molecule has 0 saturated carbocycles. The van der Waals surface area contributed by atoms with Crippen molar-refractivity contribution in [3.05, 3.63) is 65.6 Å². The number of rotatable bonds is 4. The molecule has 106 valence electrons. The molecule has 1 aromatic carbocycles. The SMILES string of the molecule is CCOc1ccc(C2=CC(=Cc3ccco3)C(=O)O2)cc1. The van der Waals surface area contributed by atoms with Crippen molar-refractivity contribution in [1.82, 2.24) is 0 Å². The Balaban J connectivity index is 1.84. The average Bonchev–Trinajstić information content (AvgIpc) is 3.11. The van der Waals surface area contributed by atoms with E-state index in [1.165, 1.54) is 0 Å². The van der Waals surface area contributed by atoms with E-state index >= 15 is 0 Å². The van der Waals surface area contributed by atoms with E-state index < -0.39 is 0 Å². The van der Waals surface area contributed by atoms with Crippen LogP contribution in [0.1, 0.15) is 18.2 Å². The molecule has 0 radical (unpaired) electrons. The van der Waals surface area contributed by atoms with Crippen LogP contribution >= 0.6 is 0 Å². The minimum absolute atomic E-state index is 0.379. The summed E-state index contributed by atoms with van der Waals surface area (Å²) in [6.07, 6.45) is 4.92. The van der Waals surface area contributed by atoms with Gasteiger partial charge in [-0.15, -0.1) is 0 Å². The van der Waals surface area contributed by atoms with Gasteiger partial charge in [0.1, 0.15) is 17.3 Å². The Kier molecular flexibility index (Phi) is 3.60. The lowest BCUT2D eigenvalue weighted by atomic mass is 10.1. The van der Waals surface area contributed by atoms with Crippen LogP contribution in [0.5, 0.6) is 5.75 Å². The summed E-state index contributed by atoms with van der Waals surface area (Å²) in [6.45, 7) is 2.55. The Morgan fingerprint density at radius 3 is 2.67 bits per heavy atom. The topological polar surface area (TPSA) is 48.7 Å². The van der Waals surface area contributed by atoms with Gasteiger partial charge in [-0.2, -0.15) is 0 Å². The molecule has 21 heavy (non-hydrogen) atoms. The summed E-state index contributed by atoms with van der Waals surface area (Å²) in [5, 5.41) is 0. The van der Waals surface area contributed by atoms with Gasteiger partial charge in [0.25, 0.3) is 0 Å². The summed E-state index contributed by atoms with van der Waals surface area (Å²) in [6, 6.07) is 11.0. The quantitative estimate of drug-likeness (QED) is 0.634. The molecule has 0 atom stereocenters. The van der Waals surface area contributed by atoms with Gasteiger partial charge in [-0.25, -0.2) is 4.79 Å². The number of hydrogen-bond donors (Lipinski definition) is 0. The summed E-state index contributed by atoms with van der Waals surface area (Å²) in [7, 11) is 0. The molecule has 4 nitrogen and oxygen atoms in total. The highest BCUT2D eigenvalue weighted by molar-refractivity contribution is 6.04. The number of furan rings is 1. The van der Waals surface area contributed by atoms with Gasteiger partial charge in [0.05, 0.1) is 18.4 Å². The summed E-state index contributed by atoms with van der Waals surface area (Å²) in [4.78, 5) is 11.8.